The molecule has 18 heavy (non-hydrogen) atoms. The molecule has 2 aromatic rings. The van der Waals surface area contributed by atoms with Crippen LogP contribution in [0.15, 0.2) is 17.5 Å². The number of aromatic nitrogens is 3. The molecule has 0 bridgehead atoms. The van der Waals surface area contributed by atoms with E-state index in [0.717, 1.165) is 10.7 Å². The molecule has 7 heteroatoms. The lowest BCUT2D eigenvalue weighted by Crippen LogP contribution is -2.32. The van der Waals surface area contributed by atoms with Crippen molar-refractivity contribution in [1.29, 1.82) is 0 Å². The fourth-order valence-electron chi connectivity index (χ4n) is 1.93. The van der Waals surface area contributed by atoms with Gasteiger partial charge in [0.05, 0.1) is 37.3 Å². The van der Waals surface area contributed by atoms with Gasteiger partial charge in [0.15, 0.2) is 10.6 Å². The van der Waals surface area contributed by atoms with Crippen molar-refractivity contribution in [3.63, 3.8) is 0 Å². The normalized spacial score (nSPS) is 20.1. The molecule has 0 spiro atoms. The molecule has 0 radical (unpaired) electrons. The highest BCUT2D eigenvalue weighted by molar-refractivity contribution is 7.71. The molecular weight excluding hydrogens is 270 g/mol. The highest BCUT2D eigenvalue weighted by Crippen LogP contribution is 2.23. The van der Waals surface area contributed by atoms with Gasteiger partial charge in [0, 0.05) is 0 Å². The van der Waals surface area contributed by atoms with Crippen molar-refractivity contribution in [1.82, 2.24) is 14.8 Å². The van der Waals surface area contributed by atoms with Gasteiger partial charge in [-0.3, -0.25) is 9.67 Å². The lowest BCUT2D eigenvalue weighted by Gasteiger charge is -2.23. The zero-order chi connectivity index (χ0) is 12.4. The van der Waals surface area contributed by atoms with E-state index < -0.39 is 0 Å². The summed E-state index contributed by atoms with van der Waals surface area (Å²) in [6, 6.07) is 4.03. The van der Waals surface area contributed by atoms with Gasteiger partial charge in [-0.05, 0) is 23.7 Å². The van der Waals surface area contributed by atoms with Gasteiger partial charge in [-0.1, -0.05) is 6.07 Å². The molecule has 0 saturated carbocycles. The van der Waals surface area contributed by atoms with Crippen LogP contribution in [-0.4, -0.2) is 40.7 Å². The molecule has 0 amide bonds. The van der Waals surface area contributed by atoms with E-state index in [9.17, 15) is 0 Å². The molecule has 1 aliphatic rings. The first-order valence-corrected chi connectivity index (χ1v) is 7.02. The zero-order valence-electron chi connectivity index (χ0n) is 9.67. The van der Waals surface area contributed by atoms with Crippen molar-refractivity contribution in [2.45, 2.75) is 12.6 Å². The van der Waals surface area contributed by atoms with Crippen LogP contribution in [0.3, 0.4) is 0 Å². The summed E-state index contributed by atoms with van der Waals surface area (Å²) in [4.78, 5) is 1.10. The van der Waals surface area contributed by atoms with Crippen LogP contribution in [0.25, 0.3) is 10.7 Å². The molecule has 3 heterocycles. The molecule has 1 saturated heterocycles. The summed E-state index contributed by atoms with van der Waals surface area (Å²) in [6.45, 7) is 2.59. The predicted octanol–water partition coefficient (Wildman–Crippen LogP) is 2.08. The average molecular weight is 283 g/mol. The summed E-state index contributed by atoms with van der Waals surface area (Å²) < 4.78 is 13.6. The van der Waals surface area contributed by atoms with E-state index in [2.05, 4.69) is 10.2 Å². The molecule has 2 aromatic heterocycles. The fourth-order valence-corrected chi connectivity index (χ4v) is 2.86. The second-order valence-electron chi connectivity index (χ2n) is 4.01. The van der Waals surface area contributed by atoms with Gasteiger partial charge in [-0.25, -0.2) is 0 Å². The Balaban J connectivity index is 1.86. The third-order valence-corrected chi connectivity index (χ3v) is 3.95. The quantitative estimate of drug-likeness (QED) is 0.876. The predicted molar refractivity (Wildman–Crippen MR) is 71.3 cm³/mol. The zero-order valence-corrected chi connectivity index (χ0v) is 11.3. The largest absolute Gasteiger partial charge is 0.376 e. The van der Waals surface area contributed by atoms with Crippen LogP contribution in [0.1, 0.15) is 0 Å². The summed E-state index contributed by atoms with van der Waals surface area (Å²) in [5.41, 5.74) is 0. The molecule has 1 atom stereocenters. The summed E-state index contributed by atoms with van der Waals surface area (Å²) in [7, 11) is 0. The first-order chi connectivity index (χ1) is 8.84. The van der Waals surface area contributed by atoms with Gasteiger partial charge in [0.25, 0.3) is 0 Å². The second-order valence-corrected chi connectivity index (χ2v) is 5.34. The van der Waals surface area contributed by atoms with Gasteiger partial charge in [-0.15, -0.1) is 11.3 Å². The molecule has 1 fully saturated rings. The molecule has 0 aliphatic carbocycles. The van der Waals surface area contributed by atoms with E-state index in [-0.39, 0.29) is 6.10 Å². The molecular formula is C11H13N3O2S2. The smallest absolute Gasteiger partial charge is 0.195 e. The lowest BCUT2D eigenvalue weighted by atomic mass is 10.3. The highest BCUT2D eigenvalue weighted by atomic mass is 32.1. The number of hydrogen-bond acceptors (Lipinski definition) is 5. The van der Waals surface area contributed by atoms with Gasteiger partial charge in [0.2, 0.25) is 0 Å². The van der Waals surface area contributed by atoms with Gasteiger partial charge < -0.3 is 9.47 Å². The Hall–Kier alpha value is -1.02. The number of ether oxygens (including phenoxy) is 2. The molecule has 3 rings (SSSR count). The van der Waals surface area contributed by atoms with Gasteiger partial charge >= 0.3 is 0 Å². The minimum absolute atomic E-state index is 0.0433. The first-order valence-electron chi connectivity index (χ1n) is 5.73. The van der Waals surface area contributed by atoms with Crippen molar-refractivity contribution in [2.24, 2.45) is 0 Å². The third kappa shape index (κ3) is 2.39. The van der Waals surface area contributed by atoms with E-state index in [4.69, 9.17) is 21.7 Å². The lowest BCUT2D eigenvalue weighted by molar-refractivity contribution is -0.0935. The summed E-state index contributed by atoms with van der Waals surface area (Å²) in [5, 5.41) is 9.15. The molecule has 96 valence electrons. The van der Waals surface area contributed by atoms with Crippen LogP contribution >= 0.6 is 23.6 Å². The Morgan fingerprint density at radius 1 is 1.56 bits per heavy atom. The van der Waals surface area contributed by atoms with E-state index in [1.54, 1.807) is 11.3 Å². The number of thiophene rings is 1. The molecule has 1 N–H and O–H groups in total. The number of hydrogen-bond donors (Lipinski definition) is 1. The van der Waals surface area contributed by atoms with Gasteiger partial charge in [-0.2, -0.15) is 5.10 Å². The number of H-pyrrole nitrogens is 1. The Labute approximate surface area is 113 Å². The fraction of sp³-hybridized carbons (Fsp3) is 0.455. The third-order valence-electron chi connectivity index (χ3n) is 2.77. The second kappa shape index (κ2) is 5.31. The minimum atomic E-state index is 0.0433. The Kier molecular flexibility index (Phi) is 3.55. The van der Waals surface area contributed by atoms with Crippen LogP contribution in [-0.2, 0) is 16.0 Å². The standard InChI is InChI=1S/C11H13N3O2S2/c17-11-13-12-10(9-2-1-5-18-9)14(11)6-8-7-15-3-4-16-8/h1-2,5,8H,3-4,6-7H2,(H,13,17). The Morgan fingerprint density at radius 3 is 3.22 bits per heavy atom. The first kappa shape index (κ1) is 12.0. The van der Waals surface area contributed by atoms with Gasteiger partial charge in [0.1, 0.15) is 0 Å². The van der Waals surface area contributed by atoms with Crippen molar-refractivity contribution in [3.8, 4) is 10.7 Å². The minimum Gasteiger partial charge on any atom is -0.376 e. The summed E-state index contributed by atoms with van der Waals surface area (Å²) in [6.07, 6.45) is 0.0433. The van der Waals surface area contributed by atoms with Crippen molar-refractivity contribution < 1.29 is 9.47 Å². The van der Waals surface area contributed by atoms with E-state index in [1.807, 2.05) is 22.1 Å². The maximum absolute atomic E-state index is 5.65. The number of rotatable bonds is 3. The van der Waals surface area contributed by atoms with Crippen LogP contribution < -0.4 is 0 Å². The maximum atomic E-state index is 5.65. The molecule has 0 aromatic carbocycles. The Morgan fingerprint density at radius 2 is 2.50 bits per heavy atom. The molecule has 1 aliphatic heterocycles. The number of nitrogens with one attached hydrogen (secondary N) is 1. The van der Waals surface area contributed by atoms with Crippen molar-refractivity contribution in [3.05, 3.63) is 22.3 Å². The topological polar surface area (TPSA) is 52.1 Å². The van der Waals surface area contributed by atoms with Crippen LogP contribution in [0.4, 0.5) is 0 Å². The highest BCUT2D eigenvalue weighted by Gasteiger charge is 2.18. The van der Waals surface area contributed by atoms with E-state index in [1.165, 1.54) is 0 Å². The van der Waals surface area contributed by atoms with E-state index in [0.29, 0.717) is 31.1 Å². The molecule has 5 nitrogen and oxygen atoms in total. The van der Waals surface area contributed by atoms with Crippen molar-refractivity contribution in [2.75, 3.05) is 19.8 Å². The maximum Gasteiger partial charge on any atom is 0.195 e. The van der Waals surface area contributed by atoms with Crippen LogP contribution in [0.5, 0.6) is 0 Å². The number of aromatic amines is 1. The molecule has 1 unspecified atom stereocenters. The van der Waals surface area contributed by atoms with Crippen molar-refractivity contribution >= 4 is 23.6 Å². The van der Waals surface area contributed by atoms with Crippen LogP contribution in [0.2, 0.25) is 0 Å². The van der Waals surface area contributed by atoms with Crippen LogP contribution in [0, 0.1) is 4.77 Å². The average Bonchev–Trinajstić information content (AvgIpc) is 3.02. The Bertz CT molecular complexity index is 555. The number of nitrogens with zero attached hydrogens (tertiary/aromatic N) is 2. The van der Waals surface area contributed by atoms with E-state index >= 15 is 0 Å². The SMILES string of the molecule is S=c1[nH]nc(-c2cccs2)n1CC1COCCO1. The summed E-state index contributed by atoms with van der Waals surface area (Å²) in [5.74, 6) is 0.865. The monoisotopic (exact) mass is 283 g/mol. The summed E-state index contributed by atoms with van der Waals surface area (Å²) >= 11 is 6.91.